The van der Waals surface area contributed by atoms with Crippen molar-refractivity contribution in [1.29, 1.82) is 0 Å². The van der Waals surface area contributed by atoms with Gasteiger partial charge in [0.05, 0.1) is 6.54 Å². The van der Waals surface area contributed by atoms with Gasteiger partial charge in [-0.05, 0) is 50.3 Å². The van der Waals surface area contributed by atoms with Crippen molar-refractivity contribution in [3.05, 3.63) is 46.0 Å². The van der Waals surface area contributed by atoms with Gasteiger partial charge in [-0.15, -0.1) is 11.3 Å². The molecule has 1 unspecified atom stereocenters. The maximum atomic E-state index is 12.9. The molecule has 1 N–H and O–H groups in total. The van der Waals surface area contributed by atoms with Crippen LogP contribution >= 0.6 is 11.3 Å². The van der Waals surface area contributed by atoms with Crippen LogP contribution in [0.15, 0.2) is 34.1 Å². The molecule has 1 aliphatic heterocycles. The van der Waals surface area contributed by atoms with E-state index in [-0.39, 0.29) is 18.5 Å². The Morgan fingerprint density at radius 2 is 2.15 bits per heavy atom. The van der Waals surface area contributed by atoms with Gasteiger partial charge >= 0.3 is 6.03 Å². The van der Waals surface area contributed by atoms with Crippen LogP contribution in [-0.4, -0.2) is 40.2 Å². The van der Waals surface area contributed by atoms with Gasteiger partial charge in [0, 0.05) is 10.9 Å². The summed E-state index contributed by atoms with van der Waals surface area (Å²) in [6, 6.07) is 6.96. The number of imide groups is 1. The zero-order chi connectivity index (χ0) is 19.2. The highest BCUT2D eigenvalue weighted by atomic mass is 32.1. The van der Waals surface area contributed by atoms with E-state index in [2.05, 4.69) is 5.32 Å². The fraction of sp³-hybridized carbons (Fsp3) is 0.421. The monoisotopic (exact) mass is 387 g/mol. The van der Waals surface area contributed by atoms with Gasteiger partial charge in [0.15, 0.2) is 5.54 Å². The molecular weight excluding hydrogens is 366 g/mol. The fourth-order valence-electron chi connectivity index (χ4n) is 3.34. The Hall–Kier alpha value is -2.61. The lowest BCUT2D eigenvalue weighted by Gasteiger charge is -2.24. The van der Waals surface area contributed by atoms with E-state index in [0.717, 1.165) is 28.4 Å². The third-order valence-corrected chi connectivity index (χ3v) is 6.10. The maximum Gasteiger partial charge on any atom is 0.325 e. The number of thiophene rings is 1. The van der Waals surface area contributed by atoms with Gasteiger partial charge in [-0.2, -0.15) is 0 Å². The molecule has 0 radical (unpaired) electrons. The van der Waals surface area contributed by atoms with Gasteiger partial charge in [0.25, 0.3) is 5.91 Å². The van der Waals surface area contributed by atoms with Crippen molar-refractivity contribution in [3.8, 4) is 0 Å². The molecule has 2 fully saturated rings. The first-order valence-electron chi connectivity index (χ1n) is 8.91. The number of hydrogen-bond acceptors (Lipinski definition) is 5. The number of urea groups is 1. The lowest BCUT2D eigenvalue weighted by molar-refractivity contribution is -0.139. The normalized spacial score (nSPS) is 22.2. The topological polar surface area (TPSA) is 82.9 Å². The maximum absolute atomic E-state index is 12.9. The summed E-state index contributed by atoms with van der Waals surface area (Å²) in [5.74, 6) is 0.848. The highest BCUT2D eigenvalue weighted by Gasteiger charge is 2.50. The molecule has 1 saturated heterocycles. The highest BCUT2D eigenvalue weighted by Crippen LogP contribution is 2.33. The van der Waals surface area contributed by atoms with E-state index in [0.29, 0.717) is 12.3 Å². The summed E-state index contributed by atoms with van der Waals surface area (Å²) in [4.78, 5) is 41.7. The van der Waals surface area contributed by atoms with Gasteiger partial charge in [0.2, 0.25) is 5.91 Å². The van der Waals surface area contributed by atoms with E-state index >= 15 is 0 Å². The van der Waals surface area contributed by atoms with Crippen LogP contribution in [0.1, 0.15) is 36.2 Å². The van der Waals surface area contributed by atoms with Crippen LogP contribution in [0.3, 0.4) is 0 Å². The van der Waals surface area contributed by atoms with Crippen molar-refractivity contribution in [3.63, 3.8) is 0 Å². The molecule has 4 rings (SSSR count). The third-order valence-electron chi connectivity index (χ3n) is 5.01. The van der Waals surface area contributed by atoms with Gasteiger partial charge in [0.1, 0.15) is 18.1 Å². The molecule has 27 heavy (non-hydrogen) atoms. The van der Waals surface area contributed by atoms with Gasteiger partial charge in [-0.25, -0.2) is 4.79 Å². The summed E-state index contributed by atoms with van der Waals surface area (Å²) < 4.78 is 5.58. The van der Waals surface area contributed by atoms with Crippen LogP contribution in [0.2, 0.25) is 0 Å². The van der Waals surface area contributed by atoms with Crippen molar-refractivity contribution < 1.29 is 18.8 Å². The van der Waals surface area contributed by atoms with Gasteiger partial charge in [-0.3, -0.25) is 14.5 Å². The lowest BCUT2D eigenvalue weighted by Crippen LogP contribution is -2.44. The zero-order valence-corrected chi connectivity index (χ0v) is 16.0. The minimum absolute atomic E-state index is 0.146. The van der Waals surface area contributed by atoms with Crippen molar-refractivity contribution in [2.75, 3.05) is 6.54 Å². The van der Waals surface area contributed by atoms with E-state index in [9.17, 15) is 14.4 Å². The Morgan fingerprint density at radius 3 is 2.74 bits per heavy atom. The van der Waals surface area contributed by atoms with E-state index in [1.807, 2.05) is 36.6 Å². The minimum atomic E-state index is -1.12. The molecule has 8 heteroatoms. The fourth-order valence-corrected chi connectivity index (χ4v) is 4.18. The molecule has 2 aromatic rings. The first kappa shape index (κ1) is 17.8. The number of hydrogen-bond donors (Lipinski definition) is 1. The van der Waals surface area contributed by atoms with Crippen LogP contribution in [-0.2, 0) is 21.7 Å². The van der Waals surface area contributed by atoms with E-state index in [1.165, 1.54) is 11.3 Å². The average Bonchev–Trinajstić information content (AvgIpc) is 3.05. The first-order valence-corrected chi connectivity index (χ1v) is 9.79. The van der Waals surface area contributed by atoms with Gasteiger partial charge < -0.3 is 14.6 Å². The predicted octanol–water partition coefficient (Wildman–Crippen LogP) is 2.61. The number of amides is 4. The van der Waals surface area contributed by atoms with E-state index in [4.69, 9.17) is 4.42 Å². The number of nitrogens with zero attached hydrogens (tertiary/aromatic N) is 2. The molecule has 4 amide bonds. The molecular formula is C19H21N3O4S. The summed E-state index contributed by atoms with van der Waals surface area (Å²) >= 11 is 1.40. The second kappa shape index (κ2) is 6.53. The van der Waals surface area contributed by atoms with Crippen LogP contribution < -0.4 is 5.32 Å². The molecule has 0 bridgehead atoms. The molecule has 1 aliphatic carbocycles. The molecule has 1 saturated carbocycles. The number of aryl methyl sites for hydroxylation is 1. The number of carbonyl (C=O) groups excluding carboxylic acids is 3. The van der Waals surface area contributed by atoms with Crippen molar-refractivity contribution in [2.45, 2.75) is 44.8 Å². The quantitative estimate of drug-likeness (QED) is 0.773. The highest BCUT2D eigenvalue weighted by molar-refractivity contribution is 7.10. The molecule has 1 atom stereocenters. The molecule has 0 spiro atoms. The van der Waals surface area contributed by atoms with E-state index in [1.54, 1.807) is 11.8 Å². The minimum Gasteiger partial charge on any atom is -0.464 e. The summed E-state index contributed by atoms with van der Waals surface area (Å²) in [6.07, 6.45) is 1.86. The zero-order valence-electron chi connectivity index (χ0n) is 15.2. The predicted molar refractivity (Wildman–Crippen MR) is 98.9 cm³/mol. The smallest absolute Gasteiger partial charge is 0.325 e. The Kier molecular flexibility index (Phi) is 4.30. The Bertz CT molecular complexity index is 887. The SMILES string of the molecule is Cc1ccc(CN(C(=O)CN2C(=O)NC(C)(c3cccs3)C2=O)C2CC2)o1. The van der Waals surface area contributed by atoms with Crippen LogP contribution in [0, 0.1) is 6.92 Å². The summed E-state index contributed by atoms with van der Waals surface area (Å²) in [6.45, 7) is 3.62. The van der Waals surface area contributed by atoms with E-state index < -0.39 is 17.5 Å². The largest absolute Gasteiger partial charge is 0.464 e. The Labute approximate surface area is 160 Å². The summed E-state index contributed by atoms with van der Waals surface area (Å²) in [5.41, 5.74) is -1.12. The molecule has 7 nitrogen and oxygen atoms in total. The summed E-state index contributed by atoms with van der Waals surface area (Å²) in [5, 5.41) is 4.59. The standard InChI is InChI=1S/C19H21N3O4S/c1-12-5-8-14(26-12)10-21(13-6-7-13)16(23)11-22-17(24)19(2,20-18(22)25)15-4-3-9-27-15/h3-5,8-9,13H,6-7,10-11H2,1-2H3,(H,20,25). The molecule has 0 aromatic carbocycles. The number of nitrogens with one attached hydrogen (secondary N) is 1. The van der Waals surface area contributed by atoms with Gasteiger partial charge in [-0.1, -0.05) is 6.07 Å². The van der Waals surface area contributed by atoms with Crippen LogP contribution in [0.5, 0.6) is 0 Å². The molecule has 2 aliphatic rings. The lowest BCUT2D eigenvalue weighted by atomic mass is 10.0. The average molecular weight is 387 g/mol. The van der Waals surface area contributed by atoms with Crippen molar-refractivity contribution in [2.24, 2.45) is 0 Å². The Morgan fingerprint density at radius 1 is 1.37 bits per heavy atom. The van der Waals surface area contributed by atoms with Crippen molar-refractivity contribution in [1.82, 2.24) is 15.1 Å². The molecule has 3 heterocycles. The second-order valence-corrected chi connectivity index (χ2v) is 8.14. The van der Waals surface area contributed by atoms with Crippen molar-refractivity contribution >= 4 is 29.2 Å². The number of carbonyl (C=O) groups is 3. The molecule has 2 aromatic heterocycles. The van der Waals surface area contributed by atoms with Crippen LogP contribution in [0.4, 0.5) is 4.79 Å². The Balaban J connectivity index is 1.49. The third kappa shape index (κ3) is 3.25. The number of rotatable bonds is 6. The number of furan rings is 1. The summed E-state index contributed by atoms with van der Waals surface area (Å²) in [7, 11) is 0. The molecule has 142 valence electrons. The first-order chi connectivity index (χ1) is 12.9. The second-order valence-electron chi connectivity index (χ2n) is 7.19. The van der Waals surface area contributed by atoms with Crippen LogP contribution in [0.25, 0.3) is 0 Å².